The van der Waals surface area contributed by atoms with Gasteiger partial charge in [0.05, 0.1) is 5.92 Å². The fourth-order valence-electron chi connectivity index (χ4n) is 0.988. The standard InChI is InChI=1S/C9H8F2O2/c1-5(9(12)13)6-3-2-4-7(10)8(6)11/h2-5H,1H3,(H,12,13)/t5-/m0/s1. The number of rotatable bonds is 2. The van der Waals surface area contributed by atoms with Gasteiger partial charge in [-0.2, -0.15) is 0 Å². The summed E-state index contributed by atoms with van der Waals surface area (Å²) in [6.45, 7) is 1.31. The first-order valence-electron chi connectivity index (χ1n) is 3.70. The first kappa shape index (κ1) is 9.64. The van der Waals surface area contributed by atoms with E-state index in [0.717, 1.165) is 6.07 Å². The molecule has 2 nitrogen and oxygen atoms in total. The van der Waals surface area contributed by atoms with Crippen LogP contribution in [-0.2, 0) is 4.79 Å². The zero-order chi connectivity index (χ0) is 10.0. The molecule has 1 N–H and O–H groups in total. The van der Waals surface area contributed by atoms with Crippen LogP contribution in [0.5, 0.6) is 0 Å². The van der Waals surface area contributed by atoms with Gasteiger partial charge in [-0.05, 0) is 13.0 Å². The Morgan fingerprint density at radius 3 is 2.62 bits per heavy atom. The van der Waals surface area contributed by atoms with E-state index in [2.05, 4.69) is 0 Å². The molecule has 0 bridgehead atoms. The summed E-state index contributed by atoms with van der Waals surface area (Å²) in [6, 6.07) is 3.50. The molecule has 0 unspecified atom stereocenters. The van der Waals surface area contributed by atoms with E-state index in [1.54, 1.807) is 0 Å². The molecule has 1 rings (SSSR count). The van der Waals surface area contributed by atoms with Gasteiger partial charge in [-0.1, -0.05) is 12.1 Å². The summed E-state index contributed by atoms with van der Waals surface area (Å²) >= 11 is 0. The van der Waals surface area contributed by atoms with E-state index in [-0.39, 0.29) is 5.56 Å². The molecule has 0 radical (unpaired) electrons. The van der Waals surface area contributed by atoms with Crippen molar-refractivity contribution < 1.29 is 18.7 Å². The molecule has 0 amide bonds. The summed E-state index contributed by atoms with van der Waals surface area (Å²) in [5.74, 6) is -4.32. The third kappa shape index (κ3) is 1.83. The quantitative estimate of drug-likeness (QED) is 0.768. The second-order valence-electron chi connectivity index (χ2n) is 2.70. The van der Waals surface area contributed by atoms with Crippen LogP contribution >= 0.6 is 0 Å². The Bertz CT molecular complexity index is 336. The molecule has 4 heteroatoms. The molecule has 0 aliphatic carbocycles. The highest BCUT2D eigenvalue weighted by Gasteiger charge is 2.19. The Hall–Kier alpha value is -1.45. The van der Waals surface area contributed by atoms with Gasteiger partial charge in [0, 0.05) is 5.56 Å². The van der Waals surface area contributed by atoms with Crippen molar-refractivity contribution >= 4 is 5.97 Å². The lowest BCUT2D eigenvalue weighted by Gasteiger charge is -2.07. The van der Waals surface area contributed by atoms with Gasteiger partial charge in [-0.25, -0.2) is 8.78 Å². The molecular weight excluding hydrogens is 178 g/mol. The Kier molecular flexibility index (Phi) is 2.60. The normalized spacial score (nSPS) is 12.5. The molecule has 0 spiro atoms. The van der Waals surface area contributed by atoms with Crippen molar-refractivity contribution in [2.45, 2.75) is 12.8 Å². The van der Waals surface area contributed by atoms with E-state index in [1.807, 2.05) is 0 Å². The SMILES string of the molecule is C[C@H](C(=O)O)c1cccc(F)c1F. The molecule has 0 fully saturated rings. The molecular formula is C9H8F2O2. The molecule has 0 aliphatic rings. The summed E-state index contributed by atoms with van der Waals surface area (Å²) in [4.78, 5) is 10.5. The largest absolute Gasteiger partial charge is 0.481 e. The Balaban J connectivity index is 3.15. The first-order chi connectivity index (χ1) is 6.04. The number of benzene rings is 1. The zero-order valence-electron chi connectivity index (χ0n) is 6.92. The monoisotopic (exact) mass is 186 g/mol. The molecule has 0 aromatic heterocycles. The van der Waals surface area contributed by atoms with Crippen LogP contribution in [0.1, 0.15) is 18.4 Å². The summed E-state index contributed by atoms with van der Waals surface area (Å²) in [5.41, 5.74) is -0.132. The minimum atomic E-state index is -1.18. The van der Waals surface area contributed by atoms with Crippen LogP contribution in [0.15, 0.2) is 18.2 Å². The van der Waals surface area contributed by atoms with E-state index < -0.39 is 23.5 Å². The van der Waals surface area contributed by atoms with Crippen molar-refractivity contribution in [3.63, 3.8) is 0 Å². The van der Waals surface area contributed by atoms with E-state index in [9.17, 15) is 13.6 Å². The first-order valence-corrected chi connectivity index (χ1v) is 3.70. The van der Waals surface area contributed by atoms with Gasteiger partial charge in [0.2, 0.25) is 0 Å². The number of carboxylic acid groups (broad SMARTS) is 1. The summed E-state index contributed by atoms with van der Waals surface area (Å²) < 4.78 is 25.6. The second kappa shape index (κ2) is 3.51. The Morgan fingerprint density at radius 2 is 2.08 bits per heavy atom. The highest BCUT2D eigenvalue weighted by molar-refractivity contribution is 5.75. The zero-order valence-corrected chi connectivity index (χ0v) is 6.92. The van der Waals surface area contributed by atoms with E-state index in [1.165, 1.54) is 19.1 Å². The minimum absolute atomic E-state index is 0.132. The highest BCUT2D eigenvalue weighted by atomic mass is 19.2. The third-order valence-electron chi connectivity index (χ3n) is 1.82. The number of hydrogen-bond donors (Lipinski definition) is 1. The van der Waals surface area contributed by atoms with Crippen LogP contribution in [0.25, 0.3) is 0 Å². The van der Waals surface area contributed by atoms with Gasteiger partial charge >= 0.3 is 5.97 Å². The molecule has 0 heterocycles. The molecule has 1 aromatic rings. The number of halogens is 2. The topological polar surface area (TPSA) is 37.3 Å². The lowest BCUT2D eigenvalue weighted by atomic mass is 10.0. The van der Waals surface area contributed by atoms with Crippen LogP contribution in [-0.4, -0.2) is 11.1 Å². The predicted octanol–water partition coefficient (Wildman–Crippen LogP) is 2.15. The van der Waals surface area contributed by atoms with Gasteiger partial charge in [0.25, 0.3) is 0 Å². The Morgan fingerprint density at radius 1 is 1.46 bits per heavy atom. The number of hydrogen-bond acceptors (Lipinski definition) is 1. The average Bonchev–Trinajstić information content (AvgIpc) is 2.08. The van der Waals surface area contributed by atoms with Crippen molar-refractivity contribution in [3.05, 3.63) is 35.4 Å². The third-order valence-corrected chi connectivity index (χ3v) is 1.82. The molecule has 1 aromatic carbocycles. The number of carbonyl (C=O) groups is 1. The van der Waals surface area contributed by atoms with Gasteiger partial charge in [-0.3, -0.25) is 4.79 Å². The van der Waals surface area contributed by atoms with E-state index in [0.29, 0.717) is 0 Å². The van der Waals surface area contributed by atoms with Crippen molar-refractivity contribution in [3.8, 4) is 0 Å². The highest BCUT2D eigenvalue weighted by Crippen LogP contribution is 2.20. The average molecular weight is 186 g/mol. The maximum absolute atomic E-state index is 13.0. The molecule has 0 aliphatic heterocycles. The summed E-state index contributed by atoms with van der Waals surface area (Å²) in [6.07, 6.45) is 0. The number of carboxylic acids is 1. The fourth-order valence-corrected chi connectivity index (χ4v) is 0.988. The van der Waals surface area contributed by atoms with Crippen LogP contribution in [0, 0.1) is 11.6 Å². The predicted molar refractivity (Wildman–Crippen MR) is 42.4 cm³/mol. The molecule has 1 atom stereocenters. The maximum Gasteiger partial charge on any atom is 0.310 e. The molecule has 0 saturated carbocycles. The van der Waals surface area contributed by atoms with E-state index >= 15 is 0 Å². The smallest absolute Gasteiger partial charge is 0.310 e. The van der Waals surface area contributed by atoms with Crippen LogP contribution in [0.4, 0.5) is 8.78 Å². The second-order valence-corrected chi connectivity index (χ2v) is 2.70. The lowest BCUT2D eigenvalue weighted by Crippen LogP contribution is -2.10. The van der Waals surface area contributed by atoms with Gasteiger partial charge in [-0.15, -0.1) is 0 Å². The molecule has 0 saturated heterocycles. The van der Waals surface area contributed by atoms with Crippen LogP contribution in [0.2, 0.25) is 0 Å². The van der Waals surface area contributed by atoms with Gasteiger partial charge < -0.3 is 5.11 Å². The summed E-state index contributed by atoms with van der Waals surface area (Å²) in [7, 11) is 0. The van der Waals surface area contributed by atoms with Crippen LogP contribution in [0.3, 0.4) is 0 Å². The summed E-state index contributed by atoms with van der Waals surface area (Å²) in [5, 5.41) is 8.56. The molecule has 70 valence electrons. The van der Waals surface area contributed by atoms with Gasteiger partial charge in [0.1, 0.15) is 0 Å². The van der Waals surface area contributed by atoms with Crippen molar-refractivity contribution in [1.82, 2.24) is 0 Å². The fraction of sp³-hybridized carbons (Fsp3) is 0.222. The molecule has 13 heavy (non-hydrogen) atoms. The number of aliphatic carboxylic acids is 1. The van der Waals surface area contributed by atoms with Crippen molar-refractivity contribution in [2.24, 2.45) is 0 Å². The maximum atomic E-state index is 13.0. The van der Waals surface area contributed by atoms with Crippen molar-refractivity contribution in [2.75, 3.05) is 0 Å². The van der Waals surface area contributed by atoms with E-state index in [4.69, 9.17) is 5.11 Å². The van der Waals surface area contributed by atoms with Crippen molar-refractivity contribution in [1.29, 1.82) is 0 Å². The van der Waals surface area contributed by atoms with Gasteiger partial charge in [0.15, 0.2) is 11.6 Å². The minimum Gasteiger partial charge on any atom is -0.481 e. The lowest BCUT2D eigenvalue weighted by molar-refractivity contribution is -0.138. The van der Waals surface area contributed by atoms with Crippen LogP contribution < -0.4 is 0 Å². The Labute approximate surface area is 73.8 Å².